The lowest BCUT2D eigenvalue weighted by Gasteiger charge is -2.07. The zero-order valence-electron chi connectivity index (χ0n) is 15.4. The molecule has 0 fully saturated rings. The maximum atomic E-state index is 12.9. The highest BCUT2D eigenvalue weighted by molar-refractivity contribution is 8.00. The van der Waals surface area contributed by atoms with E-state index in [4.69, 9.17) is 0 Å². The van der Waals surface area contributed by atoms with Gasteiger partial charge in [-0.3, -0.25) is 4.79 Å². The molecule has 140 valence electrons. The number of rotatable bonds is 7. The summed E-state index contributed by atoms with van der Waals surface area (Å²) in [6.07, 6.45) is 0.681. The predicted molar refractivity (Wildman–Crippen MR) is 107 cm³/mol. The molecule has 3 rings (SSSR count). The number of hydrogen-bond donors (Lipinski definition) is 1. The molecule has 3 aromatic rings. The molecule has 0 radical (unpaired) electrons. The van der Waals surface area contributed by atoms with Gasteiger partial charge in [-0.15, -0.1) is 11.8 Å². The van der Waals surface area contributed by atoms with Crippen LogP contribution in [0.5, 0.6) is 0 Å². The minimum Gasteiger partial charge on any atom is -0.355 e. The monoisotopic (exact) mass is 383 g/mol. The van der Waals surface area contributed by atoms with Crippen molar-refractivity contribution in [3.05, 3.63) is 77.4 Å². The standard InChI is InChI=1S/C21H22FN3OS/c1-15-21(16(2)25(24-15)19-6-4-3-5-7-19)27-14-20(26)23-13-12-17-8-10-18(22)11-9-17/h3-11H,12-14H2,1-2H3,(H,23,26). The van der Waals surface area contributed by atoms with Crippen LogP contribution < -0.4 is 5.32 Å². The first-order valence-corrected chi connectivity index (χ1v) is 9.79. The fourth-order valence-corrected chi connectivity index (χ4v) is 3.77. The van der Waals surface area contributed by atoms with Gasteiger partial charge in [-0.25, -0.2) is 9.07 Å². The van der Waals surface area contributed by atoms with Gasteiger partial charge in [-0.05, 0) is 50.1 Å². The summed E-state index contributed by atoms with van der Waals surface area (Å²) in [5.74, 6) is 0.0697. The molecule has 4 nitrogen and oxygen atoms in total. The van der Waals surface area contributed by atoms with E-state index in [0.717, 1.165) is 27.5 Å². The SMILES string of the molecule is Cc1nn(-c2ccccc2)c(C)c1SCC(=O)NCCc1ccc(F)cc1. The fourth-order valence-electron chi connectivity index (χ4n) is 2.84. The van der Waals surface area contributed by atoms with E-state index in [-0.39, 0.29) is 11.7 Å². The zero-order valence-corrected chi connectivity index (χ0v) is 16.2. The van der Waals surface area contributed by atoms with Crippen molar-refractivity contribution in [1.29, 1.82) is 0 Å². The molecule has 1 aromatic heterocycles. The van der Waals surface area contributed by atoms with Crippen molar-refractivity contribution in [3.63, 3.8) is 0 Å². The number of nitrogens with zero attached hydrogens (tertiary/aromatic N) is 2. The Labute approximate surface area is 162 Å². The quantitative estimate of drug-likeness (QED) is 0.626. The van der Waals surface area contributed by atoms with Crippen LogP contribution in [0.2, 0.25) is 0 Å². The van der Waals surface area contributed by atoms with E-state index in [1.165, 1.54) is 23.9 Å². The number of halogens is 1. The van der Waals surface area contributed by atoms with Gasteiger partial charge in [0.15, 0.2) is 0 Å². The lowest BCUT2D eigenvalue weighted by molar-refractivity contribution is -0.118. The number of amides is 1. The Bertz CT molecular complexity index is 907. The number of para-hydroxylation sites is 1. The van der Waals surface area contributed by atoms with Crippen LogP contribution in [0.25, 0.3) is 5.69 Å². The van der Waals surface area contributed by atoms with Crippen molar-refractivity contribution in [3.8, 4) is 5.69 Å². The van der Waals surface area contributed by atoms with Gasteiger partial charge in [0, 0.05) is 6.54 Å². The summed E-state index contributed by atoms with van der Waals surface area (Å²) in [7, 11) is 0. The van der Waals surface area contributed by atoms with E-state index in [9.17, 15) is 9.18 Å². The number of carbonyl (C=O) groups excluding carboxylic acids is 1. The van der Waals surface area contributed by atoms with Crippen LogP contribution in [-0.2, 0) is 11.2 Å². The highest BCUT2D eigenvalue weighted by Crippen LogP contribution is 2.27. The van der Waals surface area contributed by atoms with Crippen LogP contribution in [-0.4, -0.2) is 28.0 Å². The molecule has 0 aliphatic carbocycles. The molecule has 2 aromatic carbocycles. The summed E-state index contributed by atoms with van der Waals surface area (Å²) >= 11 is 1.50. The molecule has 0 aliphatic rings. The Kier molecular flexibility index (Phi) is 6.29. The maximum absolute atomic E-state index is 12.9. The first-order valence-electron chi connectivity index (χ1n) is 8.80. The van der Waals surface area contributed by atoms with Crippen molar-refractivity contribution in [2.75, 3.05) is 12.3 Å². The van der Waals surface area contributed by atoms with E-state index in [1.807, 2.05) is 48.9 Å². The molecule has 6 heteroatoms. The number of thioether (sulfide) groups is 1. The molecule has 0 spiro atoms. The van der Waals surface area contributed by atoms with Crippen LogP contribution in [0.15, 0.2) is 59.5 Å². The lowest BCUT2D eigenvalue weighted by Crippen LogP contribution is -2.27. The van der Waals surface area contributed by atoms with E-state index < -0.39 is 0 Å². The zero-order chi connectivity index (χ0) is 19.2. The smallest absolute Gasteiger partial charge is 0.230 e. The summed E-state index contributed by atoms with van der Waals surface area (Å²) in [4.78, 5) is 13.2. The molecule has 1 heterocycles. The topological polar surface area (TPSA) is 46.9 Å². The Hall–Kier alpha value is -2.60. The second kappa shape index (κ2) is 8.86. The molecule has 0 aliphatic heterocycles. The third-order valence-electron chi connectivity index (χ3n) is 4.22. The summed E-state index contributed by atoms with van der Waals surface area (Å²) in [6.45, 7) is 4.51. The normalized spacial score (nSPS) is 10.8. The summed E-state index contributed by atoms with van der Waals surface area (Å²) < 4.78 is 14.8. The Morgan fingerprint density at radius 2 is 1.81 bits per heavy atom. The Balaban J connectivity index is 1.53. The maximum Gasteiger partial charge on any atom is 0.230 e. The minimum absolute atomic E-state index is 0.0200. The Morgan fingerprint density at radius 1 is 1.11 bits per heavy atom. The van der Waals surface area contributed by atoms with Gasteiger partial charge in [0.1, 0.15) is 5.82 Å². The number of aryl methyl sites for hydroxylation is 1. The van der Waals surface area contributed by atoms with Crippen LogP contribution in [0.3, 0.4) is 0 Å². The van der Waals surface area contributed by atoms with Gasteiger partial charge >= 0.3 is 0 Å². The third-order valence-corrected chi connectivity index (χ3v) is 5.51. The lowest BCUT2D eigenvalue weighted by atomic mass is 10.1. The predicted octanol–water partition coefficient (Wildman–Crippen LogP) is 4.08. The molecule has 0 bridgehead atoms. The molecule has 1 N–H and O–H groups in total. The summed E-state index contributed by atoms with van der Waals surface area (Å²) in [6, 6.07) is 16.3. The van der Waals surface area contributed by atoms with Gasteiger partial charge < -0.3 is 5.32 Å². The molecule has 0 saturated carbocycles. The second-order valence-electron chi connectivity index (χ2n) is 6.26. The molecule has 0 unspecified atom stereocenters. The molecular weight excluding hydrogens is 361 g/mol. The van der Waals surface area contributed by atoms with Crippen LogP contribution in [0, 0.1) is 19.7 Å². The third kappa shape index (κ3) is 4.98. The van der Waals surface area contributed by atoms with E-state index in [0.29, 0.717) is 18.7 Å². The van der Waals surface area contributed by atoms with Crippen molar-refractivity contribution in [2.45, 2.75) is 25.2 Å². The highest BCUT2D eigenvalue weighted by atomic mass is 32.2. The summed E-state index contributed by atoms with van der Waals surface area (Å²) in [5, 5.41) is 7.51. The first-order chi connectivity index (χ1) is 13.0. The second-order valence-corrected chi connectivity index (χ2v) is 7.25. The van der Waals surface area contributed by atoms with Crippen molar-refractivity contribution in [2.24, 2.45) is 0 Å². The van der Waals surface area contributed by atoms with Crippen LogP contribution in [0.4, 0.5) is 4.39 Å². The largest absolute Gasteiger partial charge is 0.355 e. The number of carbonyl (C=O) groups is 1. The minimum atomic E-state index is -0.249. The number of hydrogen-bond acceptors (Lipinski definition) is 3. The Morgan fingerprint density at radius 3 is 2.52 bits per heavy atom. The molecule has 0 saturated heterocycles. The molecule has 1 amide bonds. The van der Waals surface area contributed by atoms with Gasteiger partial charge in [0.2, 0.25) is 5.91 Å². The molecule has 0 atom stereocenters. The van der Waals surface area contributed by atoms with Gasteiger partial charge in [0.05, 0.1) is 27.7 Å². The van der Waals surface area contributed by atoms with E-state index in [1.54, 1.807) is 12.1 Å². The average molecular weight is 383 g/mol. The van der Waals surface area contributed by atoms with Crippen molar-refractivity contribution >= 4 is 17.7 Å². The van der Waals surface area contributed by atoms with Crippen LogP contribution in [0.1, 0.15) is 17.0 Å². The average Bonchev–Trinajstić information content (AvgIpc) is 2.96. The van der Waals surface area contributed by atoms with E-state index >= 15 is 0 Å². The van der Waals surface area contributed by atoms with Crippen LogP contribution >= 0.6 is 11.8 Å². The number of benzene rings is 2. The van der Waals surface area contributed by atoms with E-state index in [2.05, 4.69) is 10.4 Å². The highest BCUT2D eigenvalue weighted by Gasteiger charge is 2.14. The van der Waals surface area contributed by atoms with Gasteiger partial charge in [0.25, 0.3) is 0 Å². The van der Waals surface area contributed by atoms with Gasteiger partial charge in [-0.2, -0.15) is 5.10 Å². The first kappa shape index (κ1) is 19.2. The number of aromatic nitrogens is 2. The number of nitrogens with one attached hydrogen (secondary N) is 1. The van der Waals surface area contributed by atoms with Crippen molar-refractivity contribution in [1.82, 2.24) is 15.1 Å². The fraction of sp³-hybridized carbons (Fsp3) is 0.238. The molecule has 27 heavy (non-hydrogen) atoms. The van der Waals surface area contributed by atoms with Gasteiger partial charge in [-0.1, -0.05) is 30.3 Å². The summed E-state index contributed by atoms with van der Waals surface area (Å²) in [5.41, 5.74) is 3.96. The molecular formula is C21H22FN3OS. The van der Waals surface area contributed by atoms with Crippen molar-refractivity contribution < 1.29 is 9.18 Å².